The second-order valence-corrected chi connectivity index (χ2v) is 5.33. The molecule has 0 aliphatic rings. The van der Waals surface area contributed by atoms with Gasteiger partial charge in [0, 0.05) is 45.6 Å². The first-order chi connectivity index (χ1) is 11.2. The molecule has 1 aromatic carbocycles. The maximum absolute atomic E-state index is 4.60. The van der Waals surface area contributed by atoms with Gasteiger partial charge in [-0.25, -0.2) is 4.99 Å². The van der Waals surface area contributed by atoms with Gasteiger partial charge < -0.3 is 15.5 Å². The molecule has 0 amide bonds. The van der Waals surface area contributed by atoms with Crippen LogP contribution in [0.5, 0.6) is 0 Å². The Bertz CT molecular complexity index is 611. The van der Waals surface area contributed by atoms with Gasteiger partial charge in [0.05, 0.1) is 12.2 Å². The Labute approximate surface area is 161 Å². The van der Waals surface area contributed by atoms with Gasteiger partial charge in [0.1, 0.15) is 0 Å². The summed E-state index contributed by atoms with van der Waals surface area (Å²) in [6.45, 7) is 5.24. The Morgan fingerprint density at radius 2 is 1.96 bits per heavy atom. The van der Waals surface area contributed by atoms with E-state index in [0.29, 0.717) is 6.54 Å². The number of rotatable bonds is 7. The summed E-state index contributed by atoms with van der Waals surface area (Å²) >= 11 is 0. The Morgan fingerprint density at radius 1 is 1.21 bits per heavy atom. The molecule has 7 heteroatoms. The normalized spacial score (nSPS) is 10.9. The number of hydrogen-bond donors (Lipinski definition) is 2. The first-order valence-corrected chi connectivity index (χ1v) is 7.96. The van der Waals surface area contributed by atoms with Crippen molar-refractivity contribution < 1.29 is 0 Å². The lowest BCUT2D eigenvalue weighted by Crippen LogP contribution is -2.41. The van der Waals surface area contributed by atoms with Gasteiger partial charge in [-0.2, -0.15) is 5.10 Å². The third-order valence-electron chi connectivity index (χ3n) is 3.60. The van der Waals surface area contributed by atoms with Crippen LogP contribution in [0.4, 0.5) is 5.69 Å². The molecular formula is C17H27IN6. The molecule has 0 spiro atoms. The van der Waals surface area contributed by atoms with E-state index in [2.05, 4.69) is 63.9 Å². The summed E-state index contributed by atoms with van der Waals surface area (Å²) in [5.74, 6) is 0.829. The molecule has 132 valence electrons. The summed E-state index contributed by atoms with van der Waals surface area (Å²) < 4.78 is 1.84. The lowest BCUT2D eigenvalue weighted by atomic mass is 10.3. The first kappa shape index (κ1) is 20.3. The predicted molar refractivity (Wildman–Crippen MR) is 111 cm³/mol. The molecule has 2 N–H and O–H groups in total. The number of benzene rings is 1. The molecule has 6 nitrogen and oxygen atoms in total. The molecule has 0 saturated carbocycles. The van der Waals surface area contributed by atoms with E-state index in [9.17, 15) is 0 Å². The van der Waals surface area contributed by atoms with Crippen LogP contribution in [0.25, 0.3) is 0 Å². The number of halogens is 1. The Balaban J connectivity index is 0.00000288. The lowest BCUT2D eigenvalue weighted by molar-refractivity contribution is 0.706. The third-order valence-corrected chi connectivity index (χ3v) is 3.60. The second kappa shape index (κ2) is 10.9. The van der Waals surface area contributed by atoms with Crippen LogP contribution in [0.1, 0.15) is 12.6 Å². The topological polar surface area (TPSA) is 57.5 Å². The number of guanidine groups is 1. The predicted octanol–water partition coefficient (Wildman–Crippen LogP) is 2.23. The average molecular weight is 442 g/mol. The number of anilines is 1. The molecular weight excluding hydrogens is 415 g/mol. The van der Waals surface area contributed by atoms with E-state index in [4.69, 9.17) is 0 Å². The van der Waals surface area contributed by atoms with Gasteiger partial charge >= 0.3 is 0 Å². The van der Waals surface area contributed by atoms with Crippen molar-refractivity contribution >= 4 is 35.6 Å². The van der Waals surface area contributed by atoms with E-state index in [1.165, 1.54) is 5.69 Å². The molecule has 24 heavy (non-hydrogen) atoms. The molecule has 0 saturated heterocycles. The van der Waals surface area contributed by atoms with Gasteiger partial charge in [-0.05, 0) is 25.1 Å². The van der Waals surface area contributed by atoms with Crippen LogP contribution in [0, 0.1) is 0 Å². The summed E-state index contributed by atoms with van der Waals surface area (Å²) in [5, 5.41) is 10.8. The van der Waals surface area contributed by atoms with Crippen molar-refractivity contribution in [2.75, 3.05) is 31.6 Å². The number of para-hydroxylation sites is 1. The van der Waals surface area contributed by atoms with E-state index in [1.54, 1.807) is 6.20 Å². The molecule has 0 atom stereocenters. The summed E-state index contributed by atoms with van der Waals surface area (Å²) in [7, 11) is 4.02. The highest BCUT2D eigenvalue weighted by atomic mass is 127. The van der Waals surface area contributed by atoms with E-state index in [-0.39, 0.29) is 24.0 Å². The highest BCUT2D eigenvalue weighted by Gasteiger charge is 2.02. The largest absolute Gasteiger partial charge is 0.373 e. The number of aliphatic imine (C=N–C) groups is 1. The van der Waals surface area contributed by atoms with Crippen molar-refractivity contribution in [1.82, 2.24) is 20.4 Å². The number of aryl methyl sites for hydroxylation is 1. The van der Waals surface area contributed by atoms with Crippen molar-refractivity contribution in [2.24, 2.45) is 12.0 Å². The number of nitrogens with zero attached hydrogens (tertiary/aromatic N) is 4. The van der Waals surface area contributed by atoms with Gasteiger partial charge in [-0.15, -0.1) is 24.0 Å². The van der Waals surface area contributed by atoms with E-state index >= 15 is 0 Å². The van der Waals surface area contributed by atoms with Crippen LogP contribution in [-0.2, 0) is 13.6 Å². The Hall–Kier alpha value is -1.77. The Morgan fingerprint density at radius 3 is 2.58 bits per heavy atom. The molecule has 2 rings (SSSR count). The quantitative estimate of drug-likeness (QED) is 0.393. The van der Waals surface area contributed by atoms with Gasteiger partial charge in [-0.1, -0.05) is 18.2 Å². The van der Waals surface area contributed by atoms with Crippen LogP contribution < -0.4 is 15.5 Å². The molecule has 1 aromatic heterocycles. The number of hydrogen-bond acceptors (Lipinski definition) is 3. The van der Waals surface area contributed by atoms with Crippen LogP contribution in [-0.4, -0.2) is 42.4 Å². The Kier molecular flexibility index (Phi) is 9.21. The maximum atomic E-state index is 4.60. The molecule has 0 aliphatic heterocycles. The third kappa shape index (κ3) is 6.38. The monoisotopic (exact) mass is 442 g/mol. The molecule has 0 unspecified atom stereocenters. The summed E-state index contributed by atoms with van der Waals surface area (Å²) in [4.78, 5) is 6.82. The molecule has 2 aromatic rings. The smallest absolute Gasteiger partial charge is 0.191 e. The minimum Gasteiger partial charge on any atom is -0.373 e. The van der Waals surface area contributed by atoms with E-state index in [0.717, 1.165) is 31.3 Å². The highest BCUT2D eigenvalue weighted by molar-refractivity contribution is 14.0. The maximum Gasteiger partial charge on any atom is 0.191 e. The molecule has 0 bridgehead atoms. The van der Waals surface area contributed by atoms with E-state index in [1.807, 2.05) is 23.9 Å². The summed E-state index contributed by atoms with van der Waals surface area (Å²) in [6, 6.07) is 12.3. The fourth-order valence-corrected chi connectivity index (χ4v) is 2.21. The molecule has 0 fully saturated rings. The van der Waals surface area contributed by atoms with E-state index < -0.39 is 0 Å². The molecule has 0 aliphatic carbocycles. The van der Waals surface area contributed by atoms with Gasteiger partial charge in [0.25, 0.3) is 0 Å². The average Bonchev–Trinajstić information content (AvgIpc) is 2.98. The lowest BCUT2D eigenvalue weighted by Gasteiger charge is -2.20. The van der Waals surface area contributed by atoms with Crippen LogP contribution >= 0.6 is 24.0 Å². The van der Waals surface area contributed by atoms with Crippen molar-refractivity contribution in [2.45, 2.75) is 13.5 Å². The summed E-state index contributed by atoms with van der Waals surface area (Å²) in [6.07, 6.45) is 1.79. The standard InChI is InChI=1S/C17H26N6.HI/c1-4-18-17(20-14-16-10-11-21-23(16)3)19-12-13-22(2)15-8-6-5-7-9-15;/h5-11H,4,12-14H2,1-3H3,(H2,18,19,20);1H. The fourth-order valence-electron chi connectivity index (χ4n) is 2.21. The zero-order chi connectivity index (χ0) is 16.5. The van der Waals surface area contributed by atoms with Gasteiger partial charge in [-0.3, -0.25) is 4.68 Å². The number of nitrogens with one attached hydrogen (secondary N) is 2. The van der Waals surface area contributed by atoms with Crippen LogP contribution in [0.15, 0.2) is 47.6 Å². The molecule has 1 heterocycles. The van der Waals surface area contributed by atoms with Crippen molar-refractivity contribution in [3.8, 4) is 0 Å². The van der Waals surface area contributed by atoms with Crippen LogP contribution in [0.2, 0.25) is 0 Å². The number of aromatic nitrogens is 2. The van der Waals surface area contributed by atoms with Crippen molar-refractivity contribution in [3.05, 3.63) is 48.3 Å². The SMILES string of the molecule is CCNC(=NCc1ccnn1C)NCCN(C)c1ccccc1.I. The second-order valence-electron chi connectivity index (χ2n) is 5.33. The fraction of sp³-hybridized carbons (Fsp3) is 0.412. The minimum atomic E-state index is 0. The first-order valence-electron chi connectivity index (χ1n) is 7.96. The minimum absolute atomic E-state index is 0. The highest BCUT2D eigenvalue weighted by Crippen LogP contribution is 2.09. The summed E-state index contributed by atoms with van der Waals surface area (Å²) in [5.41, 5.74) is 2.30. The van der Waals surface area contributed by atoms with Crippen molar-refractivity contribution in [1.29, 1.82) is 0 Å². The van der Waals surface area contributed by atoms with Crippen molar-refractivity contribution in [3.63, 3.8) is 0 Å². The van der Waals surface area contributed by atoms with Crippen LogP contribution in [0.3, 0.4) is 0 Å². The zero-order valence-corrected chi connectivity index (χ0v) is 16.9. The zero-order valence-electron chi connectivity index (χ0n) is 14.6. The van der Waals surface area contributed by atoms with Gasteiger partial charge in [0.15, 0.2) is 5.96 Å². The van der Waals surface area contributed by atoms with Gasteiger partial charge in [0.2, 0.25) is 0 Å². The number of likely N-dealkylation sites (N-methyl/N-ethyl adjacent to an activating group) is 1. The molecule has 0 radical (unpaired) electrons.